The first-order valence-electron chi connectivity index (χ1n) is 7.13. The van der Waals surface area contributed by atoms with Crippen molar-refractivity contribution >= 4 is 10.0 Å². The lowest BCUT2D eigenvalue weighted by Gasteiger charge is -2.31. The second-order valence-corrected chi connectivity index (χ2v) is 6.97. The molecule has 122 valence electrons. The molecule has 1 atom stereocenters. The van der Waals surface area contributed by atoms with E-state index in [2.05, 4.69) is 9.97 Å². The summed E-state index contributed by atoms with van der Waals surface area (Å²) in [6, 6.07) is 6.35. The molecule has 0 N–H and O–H groups in total. The minimum atomic E-state index is -3.58. The molecule has 0 aliphatic carbocycles. The van der Waals surface area contributed by atoms with Gasteiger partial charge in [-0.3, -0.25) is 9.97 Å². The number of hydrogen-bond donors (Lipinski definition) is 0. The second kappa shape index (κ2) is 6.61. The van der Waals surface area contributed by atoms with Gasteiger partial charge in [-0.2, -0.15) is 4.31 Å². The highest BCUT2D eigenvalue weighted by Crippen LogP contribution is 2.26. The van der Waals surface area contributed by atoms with E-state index in [1.807, 2.05) is 0 Å². The fourth-order valence-corrected chi connectivity index (χ4v) is 3.82. The van der Waals surface area contributed by atoms with Crippen molar-refractivity contribution in [1.29, 1.82) is 0 Å². The average Bonchev–Trinajstić information content (AvgIpc) is 2.62. The molecular formula is C15H17N3O4S. The van der Waals surface area contributed by atoms with E-state index in [-0.39, 0.29) is 11.4 Å². The smallest absolute Gasteiger partial charge is 0.243 e. The standard InChI is InChI=1S/C15H17N3O4S/c1-21-12-2-4-13(5-3-12)23(19,20)18-8-9-22-15(11-18)14-10-16-6-7-17-14/h2-7,10,15H,8-9,11H2,1H3/t15-/m1/s1. The van der Waals surface area contributed by atoms with Crippen LogP contribution < -0.4 is 4.74 Å². The number of nitrogens with zero attached hydrogens (tertiary/aromatic N) is 3. The molecule has 0 saturated carbocycles. The Morgan fingerprint density at radius 2 is 2.04 bits per heavy atom. The van der Waals surface area contributed by atoms with Crippen molar-refractivity contribution in [1.82, 2.24) is 14.3 Å². The molecular weight excluding hydrogens is 318 g/mol. The van der Waals surface area contributed by atoms with Crippen LogP contribution in [-0.2, 0) is 14.8 Å². The molecule has 7 nitrogen and oxygen atoms in total. The molecule has 1 aliphatic heterocycles. The Kier molecular flexibility index (Phi) is 4.56. The number of ether oxygens (including phenoxy) is 2. The van der Waals surface area contributed by atoms with Gasteiger partial charge >= 0.3 is 0 Å². The van der Waals surface area contributed by atoms with Crippen LogP contribution in [0.3, 0.4) is 0 Å². The van der Waals surface area contributed by atoms with E-state index in [9.17, 15) is 8.42 Å². The van der Waals surface area contributed by atoms with Gasteiger partial charge in [-0.25, -0.2) is 8.42 Å². The Balaban J connectivity index is 1.81. The van der Waals surface area contributed by atoms with Gasteiger partial charge in [0.2, 0.25) is 10.0 Å². The van der Waals surface area contributed by atoms with Gasteiger partial charge in [0.15, 0.2) is 0 Å². The summed E-state index contributed by atoms with van der Waals surface area (Å²) in [5, 5.41) is 0. The topological polar surface area (TPSA) is 81.6 Å². The normalized spacial score (nSPS) is 19.4. The molecule has 1 aliphatic rings. The summed E-state index contributed by atoms with van der Waals surface area (Å²) in [5.41, 5.74) is 0.627. The van der Waals surface area contributed by atoms with Crippen molar-refractivity contribution in [2.45, 2.75) is 11.0 Å². The van der Waals surface area contributed by atoms with Gasteiger partial charge in [0.1, 0.15) is 11.9 Å². The molecule has 1 aromatic heterocycles. The zero-order valence-corrected chi connectivity index (χ0v) is 13.4. The molecule has 0 amide bonds. The van der Waals surface area contributed by atoms with Gasteiger partial charge in [-0.05, 0) is 24.3 Å². The van der Waals surface area contributed by atoms with Crippen LogP contribution in [0.1, 0.15) is 11.8 Å². The first kappa shape index (κ1) is 15.9. The third-order valence-corrected chi connectivity index (χ3v) is 5.52. The first-order chi connectivity index (χ1) is 11.1. The molecule has 23 heavy (non-hydrogen) atoms. The van der Waals surface area contributed by atoms with E-state index < -0.39 is 16.1 Å². The molecule has 2 heterocycles. The van der Waals surface area contributed by atoms with Crippen LogP contribution in [0.4, 0.5) is 0 Å². The van der Waals surface area contributed by atoms with Crippen molar-refractivity contribution in [2.24, 2.45) is 0 Å². The zero-order chi connectivity index (χ0) is 16.3. The fourth-order valence-electron chi connectivity index (χ4n) is 2.40. The quantitative estimate of drug-likeness (QED) is 0.836. The molecule has 0 radical (unpaired) electrons. The minimum absolute atomic E-state index is 0.215. The summed E-state index contributed by atoms with van der Waals surface area (Å²) in [7, 11) is -2.04. The summed E-state index contributed by atoms with van der Waals surface area (Å²) in [6.07, 6.45) is 4.31. The monoisotopic (exact) mass is 335 g/mol. The van der Waals surface area contributed by atoms with E-state index in [0.717, 1.165) is 0 Å². The number of morpholine rings is 1. The van der Waals surface area contributed by atoms with Crippen LogP contribution >= 0.6 is 0 Å². The Bertz CT molecular complexity index is 750. The van der Waals surface area contributed by atoms with E-state index in [1.54, 1.807) is 42.9 Å². The largest absolute Gasteiger partial charge is 0.497 e. The number of benzene rings is 1. The van der Waals surface area contributed by atoms with E-state index in [0.29, 0.717) is 24.6 Å². The predicted octanol–water partition coefficient (Wildman–Crippen LogP) is 1.25. The zero-order valence-electron chi connectivity index (χ0n) is 12.6. The SMILES string of the molecule is COc1ccc(S(=O)(=O)N2CCO[C@@H](c3cnccn3)C2)cc1. The molecule has 1 fully saturated rings. The van der Waals surface area contributed by atoms with E-state index in [1.165, 1.54) is 11.4 Å². The van der Waals surface area contributed by atoms with E-state index in [4.69, 9.17) is 9.47 Å². The number of methoxy groups -OCH3 is 1. The maximum atomic E-state index is 12.8. The van der Waals surface area contributed by atoms with E-state index >= 15 is 0 Å². The summed E-state index contributed by atoms with van der Waals surface area (Å²) in [4.78, 5) is 8.42. The lowest BCUT2D eigenvalue weighted by atomic mass is 10.2. The Morgan fingerprint density at radius 3 is 2.70 bits per heavy atom. The molecule has 0 bridgehead atoms. The molecule has 3 rings (SSSR count). The highest BCUT2D eigenvalue weighted by molar-refractivity contribution is 7.89. The van der Waals surface area contributed by atoms with Gasteiger partial charge < -0.3 is 9.47 Å². The molecule has 2 aromatic rings. The number of hydrogen-bond acceptors (Lipinski definition) is 6. The lowest BCUT2D eigenvalue weighted by Crippen LogP contribution is -2.42. The van der Waals surface area contributed by atoms with Crippen LogP contribution in [0.5, 0.6) is 5.75 Å². The second-order valence-electron chi connectivity index (χ2n) is 5.03. The van der Waals surface area contributed by atoms with Crippen molar-refractivity contribution in [3.8, 4) is 5.75 Å². The van der Waals surface area contributed by atoms with Crippen LogP contribution in [0.2, 0.25) is 0 Å². The van der Waals surface area contributed by atoms with Crippen molar-refractivity contribution in [3.63, 3.8) is 0 Å². The van der Waals surface area contributed by atoms with Crippen LogP contribution in [0.25, 0.3) is 0 Å². The van der Waals surface area contributed by atoms with Gasteiger partial charge in [-0.1, -0.05) is 0 Å². The number of aromatic nitrogens is 2. The first-order valence-corrected chi connectivity index (χ1v) is 8.57. The Hall–Kier alpha value is -2.03. The highest BCUT2D eigenvalue weighted by atomic mass is 32.2. The third kappa shape index (κ3) is 3.34. The maximum absolute atomic E-state index is 12.8. The molecule has 1 aromatic carbocycles. The molecule has 0 spiro atoms. The summed E-state index contributed by atoms with van der Waals surface area (Å²) < 4.78 is 37.6. The van der Waals surface area contributed by atoms with Crippen molar-refractivity contribution in [2.75, 3.05) is 26.8 Å². The van der Waals surface area contributed by atoms with Crippen LogP contribution in [0.15, 0.2) is 47.8 Å². The van der Waals surface area contributed by atoms with Crippen LogP contribution in [-0.4, -0.2) is 49.5 Å². The van der Waals surface area contributed by atoms with Gasteiger partial charge in [-0.15, -0.1) is 0 Å². The Labute approximate surface area is 134 Å². The summed E-state index contributed by atoms with van der Waals surface area (Å²) in [6.45, 7) is 0.842. The highest BCUT2D eigenvalue weighted by Gasteiger charge is 2.32. The van der Waals surface area contributed by atoms with Gasteiger partial charge in [0.25, 0.3) is 0 Å². The number of sulfonamides is 1. The van der Waals surface area contributed by atoms with Gasteiger partial charge in [0.05, 0.1) is 30.5 Å². The molecule has 0 unspecified atom stereocenters. The predicted molar refractivity (Wildman–Crippen MR) is 82.5 cm³/mol. The molecule has 1 saturated heterocycles. The van der Waals surface area contributed by atoms with Gasteiger partial charge in [0, 0.05) is 25.5 Å². The van der Waals surface area contributed by atoms with Crippen molar-refractivity contribution in [3.05, 3.63) is 48.5 Å². The maximum Gasteiger partial charge on any atom is 0.243 e. The molecule has 8 heteroatoms. The fraction of sp³-hybridized carbons (Fsp3) is 0.333. The number of rotatable bonds is 4. The lowest BCUT2D eigenvalue weighted by molar-refractivity contribution is -0.00514. The van der Waals surface area contributed by atoms with Crippen LogP contribution in [0, 0.1) is 0 Å². The third-order valence-electron chi connectivity index (χ3n) is 3.64. The Morgan fingerprint density at radius 1 is 1.26 bits per heavy atom. The van der Waals surface area contributed by atoms with Crippen molar-refractivity contribution < 1.29 is 17.9 Å². The summed E-state index contributed by atoms with van der Waals surface area (Å²) >= 11 is 0. The summed E-state index contributed by atoms with van der Waals surface area (Å²) in [5.74, 6) is 0.614. The average molecular weight is 335 g/mol. The minimum Gasteiger partial charge on any atom is -0.497 e.